The predicted octanol–water partition coefficient (Wildman–Crippen LogP) is 4.70. The lowest BCUT2D eigenvalue weighted by Gasteiger charge is -2.22. The largest absolute Gasteiger partial charge is 0.367 e. The molecule has 2 aromatic heterocycles. The third-order valence-corrected chi connectivity index (χ3v) is 5.34. The van der Waals surface area contributed by atoms with Crippen LogP contribution in [0.2, 0.25) is 0 Å². The molecule has 0 N–H and O–H groups in total. The average molecular weight is 386 g/mol. The number of hydrogen-bond acceptors (Lipinski definition) is 4. The minimum atomic E-state index is -0.463. The van der Waals surface area contributed by atoms with Crippen LogP contribution in [0.4, 0.5) is 10.1 Å². The van der Waals surface area contributed by atoms with E-state index in [9.17, 15) is 14.0 Å². The van der Waals surface area contributed by atoms with E-state index < -0.39 is 11.2 Å². The summed E-state index contributed by atoms with van der Waals surface area (Å²) in [7, 11) is 1.83. The molecule has 0 saturated carbocycles. The number of aromatic nitrogens is 1. The van der Waals surface area contributed by atoms with Gasteiger partial charge in [-0.1, -0.05) is 19.9 Å². The van der Waals surface area contributed by atoms with Crippen molar-refractivity contribution >= 4 is 33.7 Å². The molecular weight excluding hydrogens is 363 g/mol. The molecule has 4 nitrogen and oxygen atoms in total. The quantitative estimate of drug-likeness (QED) is 0.577. The van der Waals surface area contributed by atoms with E-state index in [-0.39, 0.29) is 16.7 Å². The molecule has 0 saturated heterocycles. The molecule has 0 aliphatic heterocycles. The van der Waals surface area contributed by atoms with Gasteiger partial charge in [-0.05, 0) is 36.4 Å². The van der Waals surface area contributed by atoms with Gasteiger partial charge in [0.2, 0.25) is 0 Å². The molecule has 0 amide bonds. The number of fused-ring (bicyclic) bond motifs is 1. The molecule has 0 unspecified atom stereocenters. The molecule has 2 heterocycles. The van der Waals surface area contributed by atoms with Crippen molar-refractivity contribution in [2.75, 3.05) is 11.9 Å². The first-order valence-electron chi connectivity index (χ1n) is 8.89. The SMILES string of the molecule is CC(=O)c1cn(CC(C)C)c2cc(N(C)Cc3cccs3)c(F)cc2c1=O. The van der Waals surface area contributed by atoms with Gasteiger partial charge in [0.05, 0.1) is 23.3 Å². The van der Waals surface area contributed by atoms with E-state index in [1.54, 1.807) is 23.6 Å². The number of carbonyl (C=O) groups is 1. The zero-order valence-corrected chi connectivity index (χ0v) is 16.8. The van der Waals surface area contributed by atoms with Crippen LogP contribution in [0.3, 0.4) is 0 Å². The van der Waals surface area contributed by atoms with Crippen LogP contribution in [-0.2, 0) is 13.1 Å². The van der Waals surface area contributed by atoms with Crippen molar-refractivity contribution in [3.63, 3.8) is 0 Å². The topological polar surface area (TPSA) is 42.3 Å². The molecule has 0 atom stereocenters. The van der Waals surface area contributed by atoms with Crippen LogP contribution in [0.25, 0.3) is 10.9 Å². The molecular formula is C21H23FN2O2S. The summed E-state index contributed by atoms with van der Waals surface area (Å²) in [5.74, 6) is -0.456. The molecule has 0 radical (unpaired) electrons. The predicted molar refractivity (Wildman–Crippen MR) is 109 cm³/mol. The Morgan fingerprint density at radius 1 is 1.33 bits per heavy atom. The monoisotopic (exact) mass is 386 g/mol. The van der Waals surface area contributed by atoms with E-state index in [1.165, 1.54) is 13.0 Å². The number of pyridine rings is 1. The molecule has 0 bridgehead atoms. The number of carbonyl (C=O) groups excluding carboxylic acids is 1. The van der Waals surface area contributed by atoms with Gasteiger partial charge >= 0.3 is 0 Å². The number of rotatable bonds is 6. The average Bonchev–Trinajstić information content (AvgIpc) is 3.09. The number of ketones is 1. The lowest BCUT2D eigenvalue weighted by atomic mass is 10.1. The van der Waals surface area contributed by atoms with E-state index >= 15 is 0 Å². The first kappa shape index (κ1) is 19.3. The van der Waals surface area contributed by atoms with Crippen molar-refractivity contribution in [3.8, 4) is 0 Å². The highest BCUT2D eigenvalue weighted by Crippen LogP contribution is 2.27. The highest BCUT2D eigenvalue weighted by Gasteiger charge is 2.17. The third-order valence-electron chi connectivity index (χ3n) is 4.47. The maximum atomic E-state index is 14.8. The van der Waals surface area contributed by atoms with Gasteiger partial charge in [-0.2, -0.15) is 0 Å². The van der Waals surface area contributed by atoms with Crippen molar-refractivity contribution < 1.29 is 9.18 Å². The lowest BCUT2D eigenvalue weighted by Crippen LogP contribution is -2.21. The minimum absolute atomic E-state index is 0.0993. The maximum Gasteiger partial charge on any atom is 0.200 e. The number of nitrogens with zero attached hydrogens (tertiary/aromatic N) is 2. The molecule has 0 aliphatic carbocycles. The minimum Gasteiger partial charge on any atom is -0.367 e. The summed E-state index contributed by atoms with van der Waals surface area (Å²) >= 11 is 1.62. The van der Waals surface area contributed by atoms with Crippen LogP contribution in [0.5, 0.6) is 0 Å². The van der Waals surface area contributed by atoms with Crippen LogP contribution in [-0.4, -0.2) is 17.4 Å². The fourth-order valence-electron chi connectivity index (χ4n) is 3.21. The normalized spacial score (nSPS) is 11.3. The number of benzene rings is 1. The van der Waals surface area contributed by atoms with Gasteiger partial charge in [0.1, 0.15) is 5.82 Å². The van der Waals surface area contributed by atoms with Crippen molar-refractivity contribution in [2.45, 2.75) is 33.9 Å². The Labute approximate surface area is 161 Å². The van der Waals surface area contributed by atoms with Crippen LogP contribution in [0, 0.1) is 11.7 Å². The van der Waals surface area contributed by atoms with E-state index in [0.717, 1.165) is 4.88 Å². The number of Topliss-reactive ketones (excluding diaryl/α,β-unsaturated/α-hetero) is 1. The maximum absolute atomic E-state index is 14.8. The van der Waals surface area contributed by atoms with Gasteiger partial charge < -0.3 is 9.47 Å². The second-order valence-electron chi connectivity index (χ2n) is 7.23. The smallest absolute Gasteiger partial charge is 0.200 e. The van der Waals surface area contributed by atoms with Crippen LogP contribution in [0.15, 0.2) is 40.6 Å². The molecule has 0 aliphatic rings. The van der Waals surface area contributed by atoms with Gasteiger partial charge in [0, 0.05) is 30.1 Å². The van der Waals surface area contributed by atoms with Crippen molar-refractivity contribution in [1.29, 1.82) is 0 Å². The Morgan fingerprint density at radius 3 is 2.67 bits per heavy atom. The van der Waals surface area contributed by atoms with Gasteiger partial charge in [-0.25, -0.2) is 4.39 Å². The van der Waals surface area contributed by atoms with Crippen molar-refractivity contribution in [2.24, 2.45) is 5.92 Å². The summed E-state index contributed by atoms with van der Waals surface area (Å²) in [4.78, 5) is 27.5. The third kappa shape index (κ3) is 3.95. The number of anilines is 1. The van der Waals surface area contributed by atoms with E-state index in [1.807, 2.05) is 34.0 Å². The van der Waals surface area contributed by atoms with Crippen LogP contribution >= 0.6 is 11.3 Å². The lowest BCUT2D eigenvalue weighted by molar-refractivity contribution is 0.101. The summed E-state index contributed by atoms with van der Waals surface area (Å²) in [5, 5.41) is 2.23. The molecule has 3 rings (SSSR count). The molecule has 6 heteroatoms. The Balaban J connectivity index is 2.18. The first-order valence-corrected chi connectivity index (χ1v) is 9.77. The van der Waals surface area contributed by atoms with Crippen molar-refractivity contribution in [3.05, 3.63) is 62.3 Å². The van der Waals surface area contributed by atoms with Gasteiger partial charge in [-0.3, -0.25) is 9.59 Å². The molecule has 3 aromatic rings. The van der Waals surface area contributed by atoms with Crippen molar-refractivity contribution in [1.82, 2.24) is 4.57 Å². The standard InChI is InChI=1S/C21H23FN2O2S/c1-13(2)10-24-12-17(14(3)25)21(26)16-8-18(22)20(9-19(16)24)23(4)11-15-6-5-7-27-15/h5-9,12-13H,10-11H2,1-4H3. The first-order chi connectivity index (χ1) is 12.8. The second kappa shape index (κ2) is 7.64. The van der Waals surface area contributed by atoms with Crippen LogP contribution in [0.1, 0.15) is 36.0 Å². The van der Waals surface area contributed by atoms with Gasteiger partial charge in [-0.15, -0.1) is 11.3 Å². The molecule has 0 fully saturated rings. The molecule has 1 aromatic carbocycles. The highest BCUT2D eigenvalue weighted by molar-refractivity contribution is 7.09. The second-order valence-corrected chi connectivity index (χ2v) is 8.26. The zero-order chi connectivity index (χ0) is 19.7. The van der Waals surface area contributed by atoms with E-state index in [2.05, 4.69) is 13.8 Å². The summed E-state index contributed by atoms with van der Waals surface area (Å²) in [6.45, 7) is 6.70. The molecule has 142 valence electrons. The summed E-state index contributed by atoms with van der Waals surface area (Å²) < 4.78 is 16.7. The van der Waals surface area contributed by atoms with Crippen LogP contribution < -0.4 is 10.3 Å². The fourth-order valence-corrected chi connectivity index (χ4v) is 3.97. The number of hydrogen-bond donors (Lipinski definition) is 0. The Bertz CT molecular complexity index is 1040. The number of halogens is 1. The van der Waals surface area contributed by atoms with E-state index in [0.29, 0.717) is 30.2 Å². The molecule has 0 spiro atoms. The van der Waals surface area contributed by atoms with E-state index in [4.69, 9.17) is 0 Å². The van der Waals surface area contributed by atoms with Gasteiger partial charge in [0.25, 0.3) is 0 Å². The van der Waals surface area contributed by atoms with Gasteiger partial charge in [0.15, 0.2) is 11.2 Å². The summed E-state index contributed by atoms with van der Waals surface area (Å²) in [6.07, 6.45) is 1.61. The Hall–Kier alpha value is -2.47. The highest BCUT2D eigenvalue weighted by atomic mass is 32.1. The Morgan fingerprint density at radius 2 is 2.07 bits per heavy atom. The fraction of sp³-hybridized carbons (Fsp3) is 0.333. The summed E-state index contributed by atoms with van der Waals surface area (Å²) in [6, 6.07) is 6.95. The summed E-state index contributed by atoms with van der Waals surface area (Å²) in [5.41, 5.74) is 0.766. The Kier molecular flexibility index (Phi) is 5.46. The zero-order valence-electron chi connectivity index (χ0n) is 16.0. The number of thiophene rings is 1. The molecule has 27 heavy (non-hydrogen) atoms.